The summed E-state index contributed by atoms with van der Waals surface area (Å²) in [5, 5.41) is 0. The Balaban J connectivity index is 2.14. The van der Waals surface area contributed by atoms with E-state index in [1.165, 1.54) is 18.6 Å². The average Bonchev–Trinajstić information content (AvgIpc) is 2.48. The lowest BCUT2D eigenvalue weighted by atomic mass is 9.99. The second-order valence-corrected chi connectivity index (χ2v) is 7.75. The van der Waals surface area contributed by atoms with E-state index in [1.807, 2.05) is 13.8 Å². The van der Waals surface area contributed by atoms with Crippen molar-refractivity contribution in [3.8, 4) is 0 Å². The minimum atomic E-state index is -3.80. The van der Waals surface area contributed by atoms with E-state index in [2.05, 4.69) is 9.62 Å². The molecule has 1 N–H and O–H groups in total. The maximum atomic E-state index is 12.5. The van der Waals surface area contributed by atoms with Crippen molar-refractivity contribution in [3.05, 3.63) is 30.3 Å². The van der Waals surface area contributed by atoms with Crippen LogP contribution in [0.2, 0.25) is 0 Å². The Morgan fingerprint density at radius 3 is 2.23 bits per heavy atom. The molecule has 2 rings (SSSR count). The van der Waals surface area contributed by atoms with Crippen molar-refractivity contribution >= 4 is 15.9 Å². The third-order valence-electron chi connectivity index (χ3n) is 3.97. The summed E-state index contributed by atoms with van der Waals surface area (Å²) in [6, 6.07) is 7.60. The van der Waals surface area contributed by atoms with Gasteiger partial charge in [-0.15, -0.1) is 0 Å². The van der Waals surface area contributed by atoms with E-state index >= 15 is 0 Å². The van der Waals surface area contributed by atoms with Crippen LogP contribution in [0.25, 0.3) is 0 Å². The van der Waals surface area contributed by atoms with E-state index in [1.54, 1.807) is 18.2 Å². The Morgan fingerprint density at radius 1 is 1.09 bits per heavy atom. The highest BCUT2D eigenvalue weighted by atomic mass is 32.2. The SMILES string of the molecule is CC(C)[C@H](C(=O)NS(=O)(=O)c1ccccc1)N1CCCCC1. The summed E-state index contributed by atoms with van der Waals surface area (Å²) >= 11 is 0. The fourth-order valence-electron chi connectivity index (χ4n) is 2.94. The van der Waals surface area contributed by atoms with Crippen LogP contribution in [0.5, 0.6) is 0 Å². The molecule has 1 saturated heterocycles. The third kappa shape index (κ3) is 4.08. The molecule has 1 heterocycles. The van der Waals surface area contributed by atoms with Crippen molar-refractivity contribution in [1.82, 2.24) is 9.62 Å². The van der Waals surface area contributed by atoms with Gasteiger partial charge in [0.05, 0.1) is 10.9 Å². The van der Waals surface area contributed by atoms with E-state index in [0.29, 0.717) is 0 Å². The van der Waals surface area contributed by atoms with Crippen LogP contribution in [0, 0.1) is 5.92 Å². The number of nitrogens with one attached hydrogen (secondary N) is 1. The molecular formula is C16H24N2O3S. The Kier molecular flexibility index (Phi) is 5.58. The molecule has 1 atom stereocenters. The topological polar surface area (TPSA) is 66.5 Å². The van der Waals surface area contributed by atoms with Crippen LogP contribution in [0.4, 0.5) is 0 Å². The molecular weight excluding hydrogens is 300 g/mol. The summed E-state index contributed by atoms with van der Waals surface area (Å²) in [4.78, 5) is 14.8. The van der Waals surface area contributed by atoms with Crippen molar-refractivity contribution in [2.75, 3.05) is 13.1 Å². The van der Waals surface area contributed by atoms with E-state index in [-0.39, 0.29) is 10.8 Å². The van der Waals surface area contributed by atoms with Gasteiger partial charge >= 0.3 is 0 Å². The molecule has 1 fully saturated rings. The molecule has 122 valence electrons. The van der Waals surface area contributed by atoms with Gasteiger partial charge in [0, 0.05) is 0 Å². The van der Waals surface area contributed by atoms with E-state index in [0.717, 1.165) is 25.9 Å². The first kappa shape index (κ1) is 17.0. The highest BCUT2D eigenvalue weighted by molar-refractivity contribution is 7.90. The minimum absolute atomic E-state index is 0.0593. The van der Waals surface area contributed by atoms with Crippen molar-refractivity contribution in [3.63, 3.8) is 0 Å². The molecule has 1 amide bonds. The van der Waals surface area contributed by atoms with Gasteiger partial charge in [0.25, 0.3) is 15.9 Å². The maximum absolute atomic E-state index is 12.5. The zero-order valence-corrected chi connectivity index (χ0v) is 14.0. The molecule has 1 aliphatic heterocycles. The molecule has 0 saturated carbocycles. The molecule has 22 heavy (non-hydrogen) atoms. The predicted octanol–water partition coefficient (Wildman–Crippen LogP) is 2.00. The number of likely N-dealkylation sites (tertiary alicyclic amines) is 1. The van der Waals surface area contributed by atoms with Crippen LogP contribution in [0.1, 0.15) is 33.1 Å². The summed E-state index contributed by atoms with van der Waals surface area (Å²) in [7, 11) is -3.80. The lowest BCUT2D eigenvalue weighted by Gasteiger charge is -2.35. The largest absolute Gasteiger partial charge is 0.292 e. The number of carbonyl (C=O) groups excluding carboxylic acids is 1. The van der Waals surface area contributed by atoms with Gasteiger partial charge in [0.2, 0.25) is 0 Å². The van der Waals surface area contributed by atoms with Gasteiger partial charge < -0.3 is 0 Å². The zero-order valence-electron chi connectivity index (χ0n) is 13.2. The average molecular weight is 324 g/mol. The molecule has 1 aromatic rings. The lowest BCUT2D eigenvalue weighted by molar-refractivity contribution is -0.126. The Labute approximate surface area is 132 Å². The van der Waals surface area contributed by atoms with Gasteiger partial charge in [0.1, 0.15) is 0 Å². The normalized spacial score (nSPS) is 18.1. The summed E-state index contributed by atoms with van der Waals surface area (Å²) < 4.78 is 26.8. The second kappa shape index (κ2) is 7.24. The van der Waals surface area contributed by atoms with Crippen molar-refractivity contribution in [2.45, 2.75) is 44.0 Å². The standard InChI is InChI=1S/C16H24N2O3S/c1-13(2)15(18-11-7-4-8-12-18)16(19)17-22(20,21)14-9-5-3-6-10-14/h3,5-6,9-10,13,15H,4,7-8,11-12H2,1-2H3,(H,17,19)/t15-/m1/s1. The van der Waals surface area contributed by atoms with E-state index in [4.69, 9.17) is 0 Å². The van der Waals surface area contributed by atoms with Crippen LogP contribution >= 0.6 is 0 Å². The van der Waals surface area contributed by atoms with Gasteiger partial charge in [-0.1, -0.05) is 38.5 Å². The van der Waals surface area contributed by atoms with Crippen molar-refractivity contribution in [1.29, 1.82) is 0 Å². The van der Waals surface area contributed by atoms with Gasteiger partial charge in [-0.25, -0.2) is 13.1 Å². The number of hydrogen-bond acceptors (Lipinski definition) is 4. The predicted molar refractivity (Wildman–Crippen MR) is 85.8 cm³/mol. The quantitative estimate of drug-likeness (QED) is 0.899. The van der Waals surface area contributed by atoms with E-state index < -0.39 is 22.0 Å². The third-order valence-corrected chi connectivity index (χ3v) is 5.34. The smallest absolute Gasteiger partial charge is 0.264 e. The number of carbonyl (C=O) groups is 1. The van der Waals surface area contributed by atoms with Crippen LogP contribution in [-0.2, 0) is 14.8 Å². The van der Waals surface area contributed by atoms with Crippen LogP contribution in [0.15, 0.2) is 35.2 Å². The first-order valence-corrected chi connectivity index (χ1v) is 9.26. The lowest BCUT2D eigenvalue weighted by Crippen LogP contribution is -2.52. The van der Waals surface area contributed by atoms with E-state index in [9.17, 15) is 13.2 Å². The number of nitrogens with zero attached hydrogens (tertiary/aromatic N) is 1. The number of benzene rings is 1. The summed E-state index contributed by atoms with van der Waals surface area (Å²) in [6.07, 6.45) is 3.29. The maximum Gasteiger partial charge on any atom is 0.264 e. The number of rotatable bonds is 5. The molecule has 1 aromatic carbocycles. The Morgan fingerprint density at radius 2 is 1.68 bits per heavy atom. The molecule has 0 aliphatic carbocycles. The molecule has 0 aromatic heterocycles. The van der Waals surface area contributed by atoms with Crippen molar-refractivity contribution in [2.24, 2.45) is 5.92 Å². The van der Waals surface area contributed by atoms with Gasteiger partial charge in [-0.3, -0.25) is 9.69 Å². The first-order chi connectivity index (χ1) is 10.4. The number of sulfonamides is 1. The van der Waals surface area contributed by atoms with Crippen LogP contribution < -0.4 is 4.72 Å². The molecule has 5 nitrogen and oxygen atoms in total. The monoisotopic (exact) mass is 324 g/mol. The fourth-order valence-corrected chi connectivity index (χ4v) is 3.96. The molecule has 6 heteroatoms. The number of piperidine rings is 1. The minimum Gasteiger partial charge on any atom is -0.292 e. The second-order valence-electron chi connectivity index (χ2n) is 6.07. The summed E-state index contributed by atoms with van der Waals surface area (Å²) in [5.41, 5.74) is 0. The Hall–Kier alpha value is -1.40. The van der Waals surface area contributed by atoms with Gasteiger partial charge in [0.15, 0.2) is 0 Å². The molecule has 0 bridgehead atoms. The fraction of sp³-hybridized carbons (Fsp3) is 0.562. The highest BCUT2D eigenvalue weighted by Crippen LogP contribution is 2.18. The number of hydrogen-bond donors (Lipinski definition) is 1. The zero-order chi connectivity index (χ0) is 16.2. The first-order valence-electron chi connectivity index (χ1n) is 7.77. The van der Waals surface area contributed by atoms with Crippen molar-refractivity contribution < 1.29 is 13.2 Å². The highest BCUT2D eigenvalue weighted by Gasteiger charge is 2.32. The summed E-state index contributed by atoms with van der Waals surface area (Å²) in [6.45, 7) is 5.60. The molecule has 0 radical (unpaired) electrons. The number of amides is 1. The van der Waals surface area contributed by atoms with Gasteiger partial charge in [-0.2, -0.15) is 0 Å². The molecule has 0 unspecified atom stereocenters. The summed E-state index contributed by atoms with van der Waals surface area (Å²) in [5.74, 6) is -0.371. The van der Waals surface area contributed by atoms with Crippen LogP contribution in [0.3, 0.4) is 0 Å². The van der Waals surface area contributed by atoms with Gasteiger partial charge in [-0.05, 0) is 44.0 Å². The Bertz CT molecular complexity index is 593. The molecule has 0 spiro atoms. The molecule has 1 aliphatic rings. The van der Waals surface area contributed by atoms with Crippen LogP contribution in [-0.4, -0.2) is 38.4 Å².